The van der Waals surface area contributed by atoms with Crippen LogP contribution < -0.4 is 5.32 Å². The first-order valence-corrected chi connectivity index (χ1v) is 9.56. The molecular weight excluding hydrogens is 358 g/mol. The average molecular weight is 377 g/mol. The van der Waals surface area contributed by atoms with Crippen molar-refractivity contribution in [1.29, 1.82) is 0 Å². The Labute approximate surface area is 161 Å². The van der Waals surface area contributed by atoms with Gasteiger partial charge in [-0.3, -0.25) is 4.79 Å². The number of hydrogen-bond donors (Lipinski definition) is 1. The Hall–Kier alpha value is -2.99. The van der Waals surface area contributed by atoms with Crippen LogP contribution in [0.1, 0.15) is 21.8 Å². The molecule has 0 aliphatic carbocycles. The molecule has 0 aliphatic heterocycles. The molecule has 6 heteroatoms. The van der Waals surface area contributed by atoms with Crippen molar-refractivity contribution in [2.75, 3.05) is 0 Å². The van der Waals surface area contributed by atoms with E-state index in [9.17, 15) is 4.79 Å². The minimum Gasteiger partial charge on any atom is -0.356 e. The molecule has 0 spiro atoms. The number of benzene rings is 2. The molecule has 2 aromatic carbocycles. The summed E-state index contributed by atoms with van der Waals surface area (Å²) < 4.78 is 5.26. The van der Waals surface area contributed by atoms with Crippen LogP contribution in [0.2, 0.25) is 0 Å². The van der Waals surface area contributed by atoms with Crippen molar-refractivity contribution < 1.29 is 9.32 Å². The van der Waals surface area contributed by atoms with Crippen LogP contribution in [0.4, 0.5) is 0 Å². The van der Waals surface area contributed by atoms with Crippen LogP contribution in [0.25, 0.3) is 21.5 Å². The zero-order valence-electron chi connectivity index (χ0n) is 15.2. The molecule has 0 atom stereocenters. The second kappa shape index (κ2) is 7.32. The molecule has 0 radical (unpaired) electrons. The highest BCUT2D eigenvalue weighted by Gasteiger charge is 2.14. The summed E-state index contributed by atoms with van der Waals surface area (Å²) in [5.74, 6) is -0.0840. The van der Waals surface area contributed by atoms with Crippen LogP contribution >= 0.6 is 11.3 Å². The number of amides is 1. The summed E-state index contributed by atoms with van der Waals surface area (Å²) >= 11 is 1.62. The Bertz CT molecular complexity index is 1110. The van der Waals surface area contributed by atoms with Gasteiger partial charge in [-0.05, 0) is 31.5 Å². The summed E-state index contributed by atoms with van der Waals surface area (Å²) in [7, 11) is 0. The van der Waals surface area contributed by atoms with Gasteiger partial charge >= 0.3 is 0 Å². The van der Waals surface area contributed by atoms with Crippen LogP contribution in [0.15, 0.2) is 53.1 Å². The smallest absolute Gasteiger partial charge is 0.226 e. The van der Waals surface area contributed by atoms with Gasteiger partial charge in [0.1, 0.15) is 10.7 Å². The van der Waals surface area contributed by atoms with Gasteiger partial charge in [0.2, 0.25) is 5.91 Å². The zero-order valence-corrected chi connectivity index (χ0v) is 16.0. The molecule has 4 rings (SSSR count). The standard InChI is InChI=1S/C21H19N3O2S/c1-13-7-3-4-8-15(13)21-23-14(2)19(27-21)12-22-20(25)11-17-16-9-5-6-10-18(16)26-24-17/h3-10H,11-12H2,1-2H3,(H,22,25). The maximum absolute atomic E-state index is 12.4. The van der Waals surface area contributed by atoms with Crippen LogP contribution in [-0.2, 0) is 17.8 Å². The molecule has 0 unspecified atom stereocenters. The molecule has 0 saturated heterocycles. The number of nitrogens with one attached hydrogen (secondary N) is 1. The highest BCUT2D eigenvalue weighted by Crippen LogP contribution is 2.30. The van der Waals surface area contributed by atoms with E-state index in [2.05, 4.69) is 34.5 Å². The molecule has 2 heterocycles. The number of aromatic nitrogens is 2. The first kappa shape index (κ1) is 17.4. The van der Waals surface area contributed by atoms with Gasteiger partial charge in [-0.15, -0.1) is 11.3 Å². The van der Waals surface area contributed by atoms with Crippen molar-refractivity contribution in [3.63, 3.8) is 0 Å². The molecule has 2 aromatic heterocycles. The van der Waals surface area contributed by atoms with Gasteiger partial charge in [0.05, 0.1) is 18.7 Å². The first-order chi connectivity index (χ1) is 13.1. The lowest BCUT2D eigenvalue weighted by molar-refractivity contribution is -0.120. The lowest BCUT2D eigenvalue weighted by Crippen LogP contribution is -2.24. The van der Waals surface area contributed by atoms with Crippen molar-refractivity contribution in [1.82, 2.24) is 15.5 Å². The fourth-order valence-corrected chi connectivity index (χ4v) is 4.07. The third-order valence-corrected chi connectivity index (χ3v) is 5.69. The molecule has 5 nitrogen and oxygen atoms in total. The molecule has 0 fully saturated rings. The second-order valence-electron chi connectivity index (χ2n) is 6.42. The van der Waals surface area contributed by atoms with Gasteiger partial charge in [-0.25, -0.2) is 4.98 Å². The van der Waals surface area contributed by atoms with Gasteiger partial charge in [-0.1, -0.05) is 41.6 Å². The monoisotopic (exact) mass is 377 g/mol. The normalized spacial score (nSPS) is 11.0. The number of aryl methyl sites for hydroxylation is 2. The third-order valence-electron chi connectivity index (χ3n) is 4.49. The van der Waals surface area contributed by atoms with Crippen LogP contribution in [0, 0.1) is 13.8 Å². The van der Waals surface area contributed by atoms with E-state index in [0.29, 0.717) is 17.8 Å². The van der Waals surface area contributed by atoms with Crippen LogP contribution in [0.5, 0.6) is 0 Å². The summed E-state index contributed by atoms with van der Waals surface area (Å²) in [6.45, 7) is 4.52. The predicted molar refractivity (Wildman–Crippen MR) is 107 cm³/mol. The molecule has 1 amide bonds. The van der Waals surface area contributed by atoms with Gasteiger partial charge in [0, 0.05) is 15.8 Å². The van der Waals surface area contributed by atoms with Crippen molar-refractivity contribution in [3.8, 4) is 10.6 Å². The number of carbonyl (C=O) groups is 1. The maximum atomic E-state index is 12.4. The summed E-state index contributed by atoms with van der Waals surface area (Å²) in [6, 6.07) is 15.7. The van der Waals surface area contributed by atoms with E-state index in [1.807, 2.05) is 43.3 Å². The highest BCUT2D eigenvalue weighted by atomic mass is 32.1. The SMILES string of the molecule is Cc1ccccc1-c1nc(C)c(CNC(=O)Cc2noc3ccccc23)s1. The second-order valence-corrected chi connectivity index (χ2v) is 7.51. The van der Waals surface area contributed by atoms with E-state index in [1.165, 1.54) is 5.56 Å². The number of fused-ring (bicyclic) bond motifs is 1. The fourth-order valence-electron chi connectivity index (χ4n) is 2.98. The Morgan fingerprint density at radius 1 is 1.11 bits per heavy atom. The van der Waals surface area contributed by atoms with E-state index in [-0.39, 0.29) is 12.3 Å². The van der Waals surface area contributed by atoms with Crippen LogP contribution in [-0.4, -0.2) is 16.0 Å². The fraction of sp³-hybridized carbons (Fsp3) is 0.190. The quantitative estimate of drug-likeness (QED) is 0.559. The van der Waals surface area contributed by atoms with Crippen LogP contribution in [0.3, 0.4) is 0 Å². The zero-order chi connectivity index (χ0) is 18.8. The third kappa shape index (κ3) is 3.61. The molecule has 4 aromatic rings. The minimum absolute atomic E-state index is 0.0840. The molecule has 0 bridgehead atoms. The summed E-state index contributed by atoms with van der Waals surface area (Å²) in [6.07, 6.45) is 0.194. The van der Waals surface area contributed by atoms with E-state index in [4.69, 9.17) is 4.52 Å². The minimum atomic E-state index is -0.0840. The van der Waals surface area contributed by atoms with Crippen molar-refractivity contribution in [2.24, 2.45) is 0 Å². The predicted octanol–water partition coefficient (Wildman–Crippen LogP) is 4.43. The largest absolute Gasteiger partial charge is 0.356 e. The number of thiazole rings is 1. The molecule has 0 aliphatic rings. The number of carbonyl (C=O) groups excluding carboxylic acids is 1. The van der Waals surface area contributed by atoms with Gasteiger partial charge in [-0.2, -0.15) is 0 Å². The van der Waals surface area contributed by atoms with E-state index in [0.717, 1.165) is 26.5 Å². The Morgan fingerprint density at radius 3 is 2.74 bits per heavy atom. The number of para-hydroxylation sites is 1. The molecular formula is C21H19N3O2S. The highest BCUT2D eigenvalue weighted by molar-refractivity contribution is 7.15. The van der Waals surface area contributed by atoms with Gasteiger partial charge in [0.15, 0.2) is 5.58 Å². The first-order valence-electron chi connectivity index (χ1n) is 8.74. The van der Waals surface area contributed by atoms with E-state index < -0.39 is 0 Å². The van der Waals surface area contributed by atoms with Gasteiger partial charge < -0.3 is 9.84 Å². The molecule has 1 N–H and O–H groups in total. The summed E-state index contributed by atoms with van der Waals surface area (Å²) in [5, 5.41) is 8.85. The number of rotatable bonds is 5. The van der Waals surface area contributed by atoms with Crippen molar-refractivity contribution in [2.45, 2.75) is 26.8 Å². The molecule has 136 valence electrons. The number of nitrogens with zero attached hydrogens (tertiary/aromatic N) is 2. The number of hydrogen-bond acceptors (Lipinski definition) is 5. The average Bonchev–Trinajstić information content (AvgIpc) is 3.24. The summed E-state index contributed by atoms with van der Waals surface area (Å²) in [5.41, 5.74) is 4.63. The lowest BCUT2D eigenvalue weighted by atomic mass is 10.1. The van der Waals surface area contributed by atoms with Crippen molar-refractivity contribution in [3.05, 3.63) is 70.4 Å². The Morgan fingerprint density at radius 2 is 1.89 bits per heavy atom. The van der Waals surface area contributed by atoms with Crippen molar-refractivity contribution >= 4 is 28.2 Å². The topological polar surface area (TPSA) is 68.0 Å². The summed E-state index contributed by atoms with van der Waals surface area (Å²) in [4.78, 5) is 18.1. The maximum Gasteiger partial charge on any atom is 0.226 e. The molecule has 0 saturated carbocycles. The Kier molecular flexibility index (Phi) is 4.73. The van der Waals surface area contributed by atoms with E-state index in [1.54, 1.807) is 11.3 Å². The van der Waals surface area contributed by atoms with E-state index >= 15 is 0 Å². The van der Waals surface area contributed by atoms with Gasteiger partial charge in [0.25, 0.3) is 0 Å². The molecule has 27 heavy (non-hydrogen) atoms. The lowest BCUT2D eigenvalue weighted by Gasteiger charge is -2.03. The Balaban J connectivity index is 1.44.